The van der Waals surface area contributed by atoms with Gasteiger partial charge in [0.15, 0.2) is 0 Å². The monoisotopic (exact) mass is 276 g/mol. The number of nitrogens with zero attached hydrogens (tertiary/aromatic N) is 1. The first kappa shape index (κ1) is 15.1. The van der Waals surface area contributed by atoms with Crippen molar-refractivity contribution in [3.05, 3.63) is 0 Å². The summed E-state index contributed by atoms with van der Waals surface area (Å²) in [5, 5.41) is 11.7. The third kappa shape index (κ3) is 3.64. The zero-order valence-corrected chi connectivity index (χ0v) is 11.9. The molecule has 0 aromatic carbocycles. The van der Waals surface area contributed by atoms with Gasteiger partial charge in [0.25, 0.3) is 5.92 Å². The van der Waals surface area contributed by atoms with Crippen molar-refractivity contribution in [2.45, 2.75) is 51.1 Å². The summed E-state index contributed by atoms with van der Waals surface area (Å²) in [6, 6.07) is 0.726. The van der Waals surface area contributed by atoms with E-state index < -0.39 is 19.1 Å². The Balaban J connectivity index is 1.94. The summed E-state index contributed by atoms with van der Waals surface area (Å²) in [5.74, 6) is -2.04. The highest BCUT2D eigenvalue weighted by molar-refractivity contribution is 4.96. The largest absolute Gasteiger partial charge is 0.390 e. The molecule has 19 heavy (non-hydrogen) atoms. The summed E-state index contributed by atoms with van der Waals surface area (Å²) in [6.45, 7) is 4.95. The average molecular weight is 276 g/mol. The molecule has 2 fully saturated rings. The van der Waals surface area contributed by atoms with E-state index >= 15 is 0 Å². The number of nitrogens with one attached hydrogen (secondary N) is 1. The Bertz CT molecular complexity index is 285. The standard InChI is InChI=1S/C14H26F2N2O/c1-10(2)18-6-11-4-3-5-12(7-18)13(11)17-8-14(15,16)9-19/h10-13,17,19H,3-9H2,1-2H3. The lowest BCUT2D eigenvalue weighted by Crippen LogP contribution is -2.59. The number of aliphatic hydroxyl groups excluding tert-OH is 1. The van der Waals surface area contributed by atoms with Gasteiger partial charge in [-0.3, -0.25) is 0 Å². The SMILES string of the molecule is CC(C)N1CC2CCCC(C1)C2NCC(F)(F)CO. The highest BCUT2D eigenvalue weighted by Crippen LogP contribution is 2.35. The average Bonchev–Trinajstić information content (AvgIpc) is 2.35. The van der Waals surface area contributed by atoms with Crippen molar-refractivity contribution in [2.24, 2.45) is 11.8 Å². The minimum Gasteiger partial charge on any atom is -0.390 e. The third-order valence-corrected chi connectivity index (χ3v) is 4.66. The molecule has 2 rings (SSSR count). The number of rotatable bonds is 5. The molecule has 3 nitrogen and oxygen atoms in total. The van der Waals surface area contributed by atoms with E-state index in [-0.39, 0.29) is 6.04 Å². The minimum absolute atomic E-state index is 0.196. The Labute approximate surface area is 114 Å². The number of hydrogen-bond acceptors (Lipinski definition) is 3. The van der Waals surface area contributed by atoms with E-state index in [1.165, 1.54) is 6.42 Å². The van der Waals surface area contributed by atoms with Crippen molar-refractivity contribution in [1.82, 2.24) is 10.2 Å². The fourth-order valence-corrected chi connectivity index (χ4v) is 3.55. The summed E-state index contributed by atoms with van der Waals surface area (Å²) in [5.41, 5.74) is 0. The van der Waals surface area contributed by atoms with Crippen LogP contribution in [0.2, 0.25) is 0 Å². The van der Waals surface area contributed by atoms with Gasteiger partial charge in [0, 0.05) is 25.2 Å². The van der Waals surface area contributed by atoms with Gasteiger partial charge in [-0.15, -0.1) is 0 Å². The summed E-state index contributed by atoms with van der Waals surface area (Å²) < 4.78 is 26.3. The fraction of sp³-hybridized carbons (Fsp3) is 1.00. The predicted octanol–water partition coefficient (Wildman–Crippen LogP) is 1.71. The first-order valence-corrected chi connectivity index (χ1v) is 7.39. The van der Waals surface area contributed by atoms with Crippen LogP contribution in [-0.4, -0.2) is 54.3 Å². The Morgan fingerprint density at radius 3 is 2.32 bits per heavy atom. The van der Waals surface area contributed by atoms with Crippen LogP contribution in [0.25, 0.3) is 0 Å². The molecule has 0 spiro atoms. The molecule has 0 amide bonds. The number of piperidine rings is 1. The van der Waals surface area contributed by atoms with Crippen LogP contribution in [0.3, 0.4) is 0 Å². The Morgan fingerprint density at radius 1 is 1.26 bits per heavy atom. The van der Waals surface area contributed by atoms with Crippen LogP contribution in [0.15, 0.2) is 0 Å². The summed E-state index contributed by atoms with van der Waals surface area (Å²) in [7, 11) is 0. The molecule has 1 aliphatic carbocycles. The summed E-state index contributed by atoms with van der Waals surface area (Å²) in [6.07, 6.45) is 3.47. The molecule has 2 unspecified atom stereocenters. The van der Waals surface area contributed by atoms with Gasteiger partial charge in [-0.1, -0.05) is 6.42 Å². The second-order valence-corrected chi connectivity index (χ2v) is 6.42. The van der Waals surface area contributed by atoms with Gasteiger partial charge in [-0.05, 0) is 38.5 Å². The molecular formula is C14H26F2N2O. The van der Waals surface area contributed by atoms with Crippen LogP contribution < -0.4 is 5.32 Å². The smallest absolute Gasteiger partial charge is 0.282 e. The maximum Gasteiger partial charge on any atom is 0.282 e. The van der Waals surface area contributed by atoms with Crippen LogP contribution >= 0.6 is 0 Å². The van der Waals surface area contributed by atoms with Crippen LogP contribution in [0.5, 0.6) is 0 Å². The van der Waals surface area contributed by atoms with E-state index in [9.17, 15) is 8.78 Å². The number of halogens is 2. The highest BCUT2D eigenvalue weighted by atomic mass is 19.3. The van der Waals surface area contributed by atoms with Crippen molar-refractivity contribution in [3.63, 3.8) is 0 Å². The number of alkyl halides is 2. The summed E-state index contributed by atoms with van der Waals surface area (Å²) >= 11 is 0. The molecule has 0 aromatic rings. The molecule has 1 saturated heterocycles. The van der Waals surface area contributed by atoms with E-state index in [1.54, 1.807) is 0 Å². The quantitative estimate of drug-likeness (QED) is 0.802. The van der Waals surface area contributed by atoms with E-state index in [0.29, 0.717) is 17.9 Å². The second kappa shape index (κ2) is 6.02. The molecule has 0 aromatic heterocycles. The van der Waals surface area contributed by atoms with E-state index in [1.807, 2.05) is 0 Å². The van der Waals surface area contributed by atoms with Gasteiger partial charge >= 0.3 is 0 Å². The molecule has 1 saturated carbocycles. The molecule has 2 atom stereocenters. The minimum atomic E-state index is -3.00. The topological polar surface area (TPSA) is 35.5 Å². The van der Waals surface area contributed by atoms with Crippen molar-refractivity contribution in [1.29, 1.82) is 0 Å². The maximum atomic E-state index is 13.2. The third-order valence-electron chi connectivity index (χ3n) is 4.66. The lowest BCUT2D eigenvalue weighted by atomic mass is 9.73. The zero-order chi connectivity index (χ0) is 14.0. The Hall–Kier alpha value is -0.260. The first-order valence-electron chi connectivity index (χ1n) is 7.39. The molecule has 112 valence electrons. The van der Waals surface area contributed by atoms with Gasteiger partial charge in [-0.25, -0.2) is 8.78 Å². The molecule has 2 aliphatic rings. The van der Waals surface area contributed by atoms with Crippen LogP contribution in [-0.2, 0) is 0 Å². The van der Waals surface area contributed by atoms with Crippen molar-refractivity contribution >= 4 is 0 Å². The van der Waals surface area contributed by atoms with Crippen LogP contribution in [0, 0.1) is 11.8 Å². The summed E-state index contributed by atoms with van der Waals surface area (Å²) in [4.78, 5) is 2.47. The molecule has 1 aliphatic heterocycles. The van der Waals surface area contributed by atoms with Crippen molar-refractivity contribution in [3.8, 4) is 0 Å². The number of hydrogen-bond donors (Lipinski definition) is 2. The van der Waals surface area contributed by atoms with Crippen LogP contribution in [0.4, 0.5) is 8.78 Å². The lowest BCUT2D eigenvalue weighted by molar-refractivity contribution is -0.0584. The second-order valence-electron chi connectivity index (χ2n) is 6.42. The first-order chi connectivity index (χ1) is 8.93. The van der Waals surface area contributed by atoms with E-state index in [0.717, 1.165) is 25.9 Å². The predicted molar refractivity (Wildman–Crippen MR) is 71.4 cm³/mol. The number of likely N-dealkylation sites (tertiary alicyclic amines) is 1. The fourth-order valence-electron chi connectivity index (χ4n) is 3.55. The maximum absolute atomic E-state index is 13.2. The van der Waals surface area contributed by atoms with Crippen molar-refractivity contribution in [2.75, 3.05) is 26.2 Å². The van der Waals surface area contributed by atoms with E-state index in [2.05, 4.69) is 24.1 Å². The van der Waals surface area contributed by atoms with Gasteiger partial charge in [0.1, 0.15) is 6.61 Å². The molecule has 5 heteroatoms. The Morgan fingerprint density at radius 2 is 1.84 bits per heavy atom. The van der Waals surface area contributed by atoms with Gasteiger partial charge in [-0.2, -0.15) is 0 Å². The molecule has 2 bridgehead atoms. The highest BCUT2D eigenvalue weighted by Gasteiger charge is 2.41. The number of aliphatic hydroxyl groups is 1. The normalized spacial score (nSPS) is 32.8. The molecule has 1 heterocycles. The van der Waals surface area contributed by atoms with Gasteiger partial charge < -0.3 is 15.3 Å². The van der Waals surface area contributed by atoms with Gasteiger partial charge in [0.2, 0.25) is 0 Å². The molecular weight excluding hydrogens is 250 g/mol. The van der Waals surface area contributed by atoms with Crippen molar-refractivity contribution < 1.29 is 13.9 Å². The zero-order valence-electron chi connectivity index (χ0n) is 11.9. The Kier molecular flexibility index (Phi) is 4.79. The number of fused-ring (bicyclic) bond motifs is 2. The van der Waals surface area contributed by atoms with Crippen LogP contribution in [0.1, 0.15) is 33.1 Å². The lowest BCUT2D eigenvalue weighted by Gasteiger charge is -2.49. The van der Waals surface area contributed by atoms with Gasteiger partial charge in [0.05, 0.1) is 6.54 Å². The molecule has 0 radical (unpaired) electrons. The van der Waals surface area contributed by atoms with E-state index in [4.69, 9.17) is 5.11 Å². The molecule has 2 N–H and O–H groups in total.